The Morgan fingerprint density at radius 1 is 0.971 bits per heavy atom. The van der Waals surface area contributed by atoms with Gasteiger partial charge in [-0.1, -0.05) is 54.2 Å². The molecule has 1 heterocycles. The van der Waals surface area contributed by atoms with E-state index in [1.54, 1.807) is 23.8 Å². The normalized spacial score (nSPS) is 11.3. The predicted octanol–water partition coefficient (Wildman–Crippen LogP) is 5.52. The summed E-state index contributed by atoms with van der Waals surface area (Å²) in [5.74, 6) is 0.837. The van der Waals surface area contributed by atoms with E-state index in [9.17, 15) is 18.0 Å². The highest BCUT2D eigenvalue weighted by atomic mass is 32.2. The van der Waals surface area contributed by atoms with Crippen LogP contribution in [0.4, 0.5) is 13.2 Å². The standard InChI is InChI=1S/C25H21F3N4O2S/c1-34-19-13-11-18(12-14-19)32-22(30-31-24(32)35-16-17-7-3-2-4-8-17)15-29-23(33)20-9-5-6-10-21(20)25(26,27)28/h2-14H,15-16H2,1H3,(H,29,33). The predicted molar refractivity (Wildman–Crippen MR) is 127 cm³/mol. The number of amides is 1. The van der Waals surface area contributed by atoms with Crippen LogP contribution in [0.25, 0.3) is 5.69 Å². The zero-order valence-corrected chi connectivity index (χ0v) is 19.4. The lowest BCUT2D eigenvalue weighted by molar-refractivity contribution is -0.137. The van der Waals surface area contributed by atoms with Gasteiger partial charge in [0.25, 0.3) is 5.91 Å². The molecule has 0 radical (unpaired) electrons. The van der Waals surface area contributed by atoms with Gasteiger partial charge in [-0.15, -0.1) is 10.2 Å². The number of alkyl halides is 3. The number of carbonyl (C=O) groups excluding carboxylic acids is 1. The highest BCUT2D eigenvalue weighted by Crippen LogP contribution is 2.32. The van der Waals surface area contributed by atoms with Crippen LogP contribution in [0.3, 0.4) is 0 Å². The first-order chi connectivity index (χ1) is 16.9. The van der Waals surface area contributed by atoms with Crippen molar-refractivity contribution in [1.82, 2.24) is 20.1 Å². The molecule has 1 N–H and O–H groups in total. The zero-order valence-electron chi connectivity index (χ0n) is 18.6. The second-order valence-electron chi connectivity index (χ2n) is 7.43. The van der Waals surface area contributed by atoms with Crippen molar-refractivity contribution in [1.29, 1.82) is 0 Å². The summed E-state index contributed by atoms with van der Waals surface area (Å²) < 4.78 is 47.0. The number of rotatable bonds is 8. The topological polar surface area (TPSA) is 69.0 Å². The summed E-state index contributed by atoms with van der Waals surface area (Å²) in [6.45, 7) is -0.115. The van der Waals surface area contributed by atoms with Crippen molar-refractivity contribution >= 4 is 17.7 Å². The van der Waals surface area contributed by atoms with Gasteiger partial charge >= 0.3 is 6.18 Å². The molecule has 0 fully saturated rings. The summed E-state index contributed by atoms with van der Waals surface area (Å²) in [7, 11) is 1.56. The molecule has 6 nitrogen and oxygen atoms in total. The van der Waals surface area contributed by atoms with E-state index < -0.39 is 23.2 Å². The summed E-state index contributed by atoms with van der Waals surface area (Å²) in [6.07, 6.45) is -4.64. The number of hydrogen-bond donors (Lipinski definition) is 1. The molecule has 0 aliphatic heterocycles. The fourth-order valence-electron chi connectivity index (χ4n) is 3.40. The molecule has 180 valence electrons. The Kier molecular flexibility index (Phi) is 7.40. The molecule has 0 saturated carbocycles. The van der Waals surface area contributed by atoms with Crippen LogP contribution in [0.2, 0.25) is 0 Å². The van der Waals surface area contributed by atoms with E-state index in [2.05, 4.69) is 15.5 Å². The van der Waals surface area contributed by atoms with Crippen molar-refractivity contribution in [2.75, 3.05) is 7.11 Å². The average molecular weight is 499 g/mol. The van der Waals surface area contributed by atoms with Crippen LogP contribution >= 0.6 is 11.8 Å². The van der Waals surface area contributed by atoms with Crippen molar-refractivity contribution in [2.24, 2.45) is 0 Å². The second kappa shape index (κ2) is 10.6. The third-order valence-electron chi connectivity index (χ3n) is 5.13. The molecule has 1 aromatic heterocycles. The van der Waals surface area contributed by atoms with Crippen molar-refractivity contribution in [3.8, 4) is 11.4 Å². The van der Waals surface area contributed by atoms with Gasteiger partial charge in [0.05, 0.1) is 24.8 Å². The minimum atomic E-state index is -4.64. The fourth-order valence-corrected chi connectivity index (χ4v) is 4.33. The van der Waals surface area contributed by atoms with Crippen LogP contribution in [0.15, 0.2) is 84.0 Å². The van der Waals surface area contributed by atoms with E-state index in [1.165, 1.54) is 23.9 Å². The summed E-state index contributed by atoms with van der Waals surface area (Å²) in [4.78, 5) is 12.6. The van der Waals surface area contributed by atoms with Gasteiger partial charge in [0.15, 0.2) is 11.0 Å². The van der Waals surface area contributed by atoms with Crippen LogP contribution in [0.1, 0.15) is 27.3 Å². The number of thioether (sulfide) groups is 1. The summed E-state index contributed by atoms with van der Waals surface area (Å²) in [6, 6.07) is 21.7. The van der Waals surface area contributed by atoms with Crippen molar-refractivity contribution < 1.29 is 22.7 Å². The molecular weight excluding hydrogens is 477 g/mol. The van der Waals surface area contributed by atoms with E-state index in [0.717, 1.165) is 23.4 Å². The molecule has 0 unspecified atom stereocenters. The molecule has 10 heteroatoms. The minimum absolute atomic E-state index is 0.115. The maximum atomic E-state index is 13.3. The molecule has 0 aliphatic rings. The van der Waals surface area contributed by atoms with Gasteiger partial charge in [-0.05, 0) is 42.0 Å². The lowest BCUT2D eigenvalue weighted by Crippen LogP contribution is -2.27. The zero-order chi connectivity index (χ0) is 24.8. The minimum Gasteiger partial charge on any atom is -0.497 e. The van der Waals surface area contributed by atoms with Crippen LogP contribution in [-0.2, 0) is 18.5 Å². The number of aromatic nitrogens is 3. The van der Waals surface area contributed by atoms with Gasteiger partial charge in [-0.3, -0.25) is 9.36 Å². The number of halogens is 3. The first-order valence-electron chi connectivity index (χ1n) is 10.6. The molecule has 1 amide bonds. The monoisotopic (exact) mass is 498 g/mol. The number of benzene rings is 3. The van der Waals surface area contributed by atoms with Crippen LogP contribution in [0, 0.1) is 0 Å². The SMILES string of the molecule is COc1ccc(-n2c(CNC(=O)c3ccccc3C(F)(F)F)nnc2SCc2ccccc2)cc1. The molecule has 0 bridgehead atoms. The molecule has 0 saturated heterocycles. The highest BCUT2D eigenvalue weighted by molar-refractivity contribution is 7.98. The lowest BCUT2D eigenvalue weighted by atomic mass is 10.1. The highest BCUT2D eigenvalue weighted by Gasteiger charge is 2.34. The Hall–Kier alpha value is -3.79. The van der Waals surface area contributed by atoms with Crippen molar-refractivity contribution in [2.45, 2.75) is 23.6 Å². The number of carbonyl (C=O) groups is 1. The van der Waals surface area contributed by atoms with E-state index >= 15 is 0 Å². The summed E-state index contributed by atoms with van der Waals surface area (Å²) in [5.41, 5.74) is 0.383. The van der Waals surface area contributed by atoms with Gasteiger partial charge in [-0.25, -0.2) is 0 Å². The Labute approximate surface area is 204 Å². The van der Waals surface area contributed by atoms with Gasteiger partial charge in [0, 0.05) is 11.4 Å². The number of methoxy groups -OCH3 is 1. The first kappa shape index (κ1) is 24.3. The Morgan fingerprint density at radius 3 is 2.34 bits per heavy atom. The van der Waals surface area contributed by atoms with Crippen LogP contribution < -0.4 is 10.1 Å². The van der Waals surface area contributed by atoms with E-state index in [0.29, 0.717) is 22.5 Å². The molecule has 4 aromatic rings. The number of ether oxygens (including phenoxy) is 1. The average Bonchev–Trinajstić information content (AvgIpc) is 3.29. The fraction of sp³-hybridized carbons (Fsp3) is 0.160. The number of nitrogens with zero attached hydrogens (tertiary/aromatic N) is 3. The van der Waals surface area contributed by atoms with E-state index in [4.69, 9.17) is 4.74 Å². The number of nitrogens with one attached hydrogen (secondary N) is 1. The summed E-state index contributed by atoms with van der Waals surface area (Å²) >= 11 is 1.46. The molecular formula is C25H21F3N4O2S. The largest absolute Gasteiger partial charge is 0.497 e. The summed E-state index contributed by atoms with van der Waals surface area (Å²) in [5, 5.41) is 11.6. The van der Waals surface area contributed by atoms with Gasteiger partial charge in [0.2, 0.25) is 0 Å². The van der Waals surface area contributed by atoms with Gasteiger partial charge in [0.1, 0.15) is 5.75 Å². The van der Waals surface area contributed by atoms with Crippen LogP contribution in [-0.4, -0.2) is 27.8 Å². The van der Waals surface area contributed by atoms with Crippen LogP contribution in [0.5, 0.6) is 5.75 Å². The van der Waals surface area contributed by atoms with Crippen molar-refractivity contribution in [3.05, 3.63) is 101 Å². The van der Waals surface area contributed by atoms with E-state index in [-0.39, 0.29) is 6.54 Å². The molecule has 0 aliphatic carbocycles. The molecule has 3 aromatic carbocycles. The Morgan fingerprint density at radius 2 is 1.66 bits per heavy atom. The number of hydrogen-bond acceptors (Lipinski definition) is 5. The quantitative estimate of drug-likeness (QED) is 0.324. The first-order valence-corrected chi connectivity index (χ1v) is 11.5. The Balaban J connectivity index is 1.59. The third-order valence-corrected chi connectivity index (χ3v) is 6.13. The molecule has 0 spiro atoms. The maximum absolute atomic E-state index is 13.3. The van der Waals surface area contributed by atoms with Crippen molar-refractivity contribution in [3.63, 3.8) is 0 Å². The maximum Gasteiger partial charge on any atom is 0.417 e. The Bertz CT molecular complexity index is 1290. The van der Waals surface area contributed by atoms with E-state index in [1.807, 2.05) is 42.5 Å². The van der Waals surface area contributed by atoms with Gasteiger partial charge < -0.3 is 10.1 Å². The van der Waals surface area contributed by atoms with Gasteiger partial charge in [-0.2, -0.15) is 13.2 Å². The lowest BCUT2D eigenvalue weighted by Gasteiger charge is -2.14. The molecule has 0 atom stereocenters. The second-order valence-corrected chi connectivity index (χ2v) is 8.38. The molecule has 4 rings (SSSR count). The smallest absolute Gasteiger partial charge is 0.417 e. The molecule has 35 heavy (non-hydrogen) atoms. The third kappa shape index (κ3) is 5.83.